The molecule has 0 saturated heterocycles. The summed E-state index contributed by atoms with van der Waals surface area (Å²) in [4.78, 5) is 12.1. The van der Waals surface area contributed by atoms with Crippen LogP contribution in [0.1, 0.15) is 31.0 Å². The Bertz CT molecular complexity index is 631. The molecule has 1 aromatic carbocycles. The van der Waals surface area contributed by atoms with Gasteiger partial charge in [0.05, 0.1) is 5.39 Å². The molecule has 0 aliphatic rings. The van der Waals surface area contributed by atoms with Crippen LogP contribution < -0.4 is 11.2 Å². The quantitative estimate of drug-likeness (QED) is 0.864. The molecule has 0 spiro atoms. The molecular formula is C14H17NO2S. The van der Waals surface area contributed by atoms with Gasteiger partial charge in [-0.05, 0) is 31.2 Å². The molecule has 96 valence electrons. The van der Waals surface area contributed by atoms with E-state index in [0.29, 0.717) is 16.1 Å². The second-order valence-corrected chi connectivity index (χ2v) is 5.65. The van der Waals surface area contributed by atoms with E-state index in [-0.39, 0.29) is 11.5 Å². The van der Waals surface area contributed by atoms with Crippen molar-refractivity contribution in [1.29, 1.82) is 0 Å². The molecular weight excluding hydrogens is 246 g/mol. The van der Waals surface area contributed by atoms with E-state index >= 15 is 0 Å². The molecule has 0 aliphatic carbocycles. The maximum atomic E-state index is 12.1. The topological polar surface area (TPSA) is 56.2 Å². The molecule has 2 aromatic rings. The Hall–Kier alpha value is -1.26. The van der Waals surface area contributed by atoms with Gasteiger partial charge in [0.15, 0.2) is 10.5 Å². The number of nitrogens with two attached hydrogens (primary N) is 1. The second-order valence-electron chi connectivity index (χ2n) is 4.38. The fourth-order valence-electron chi connectivity index (χ4n) is 1.96. The third-order valence-electron chi connectivity index (χ3n) is 2.76. The van der Waals surface area contributed by atoms with E-state index in [2.05, 4.69) is 0 Å². The fourth-order valence-corrected chi connectivity index (χ4v) is 2.58. The predicted molar refractivity (Wildman–Crippen MR) is 76.2 cm³/mol. The minimum atomic E-state index is -0.155. The first-order valence-corrected chi connectivity index (χ1v) is 6.98. The summed E-state index contributed by atoms with van der Waals surface area (Å²) >= 11 is 1.52. The molecule has 0 unspecified atom stereocenters. The smallest absolute Gasteiger partial charge is 0.193 e. The first kappa shape index (κ1) is 13.2. The van der Waals surface area contributed by atoms with Gasteiger partial charge in [0.2, 0.25) is 0 Å². The lowest BCUT2D eigenvalue weighted by Crippen LogP contribution is -2.09. The van der Waals surface area contributed by atoms with Gasteiger partial charge in [-0.1, -0.05) is 24.8 Å². The standard InChI is InChI=1S/C14H17NO2S/c1-4-18-13-7-12(16)11-6-8(2)5-10(9(3)15)14(11)17-13/h5-7,9H,4,15H2,1-3H3/t9-/m1/s1. The van der Waals surface area contributed by atoms with Crippen molar-refractivity contribution in [3.63, 3.8) is 0 Å². The van der Waals surface area contributed by atoms with E-state index in [4.69, 9.17) is 10.2 Å². The number of aryl methyl sites for hydroxylation is 1. The van der Waals surface area contributed by atoms with Gasteiger partial charge in [0.25, 0.3) is 0 Å². The summed E-state index contributed by atoms with van der Waals surface area (Å²) in [5.74, 6) is 0.869. The highest BCUT2D eigenvalue weighted by molar-refractivity contribution is 7.99. The number of fused-ring (bicyclic) bond motifs is 1. The van der Waals surface area contributed by atoms with Crippen molar-refractivity contribution in [3.8, 4) is 0 Å². The van der Waals surface area contributed by atoms with Crippen LogP contribution in [0, 0.1) is 6.92 Å². The van der Waals surface area contributed by atoms with Crippen LogP contribution in [0.25, 0.3) is 11.0 Å². The molecule has 0 amide bonds. The number of benzene rings is 1. The van der Waals surface area contributed by atoms with Crippen molar-refractivity contribution in [2.75, 3.05) is 5.75 Å². The Balaban J connectivity index is 2.79. The molecule has 0 radical (unpaired) electrons. The zero-order valence-corrected chi connectivity index (χ0v) is 11.6. The van der Waals surface area contributed by atoms with E-state index < -0.39 is 0 Å². The number of thioether (sulfide) groups is 1. The van der Waals surface area contributed by atoms with E-state index in [0.717, 1.165) is 16.9 Å². The van der Waals surface area contributed by atoms with Crippen molar-refractivity contribution >= 4 is 22.7 Å². The number of rotatable bonds is 3. The lowest BCUT2D eigenvalue weighted by Gasteiger charge is -2.11. The fraction of sp³-hybridized carbons (Fsp3) is 0.357. The van der Waals surface area contributed by atoms with E-state index in [1.165, 1.54) is 11.8 Å². The Morgan fingerprint density at radius 2 is 2.11 bits per heavy atom. The molecule has 0 saturated carbocycles. The zero-order chi connectivity index (χ0) is 13.3. The number of hydrogen-bond acceptors (Lipinski definition) is 4. The zero-order valence-electron chi connectivity index (χ0n) is 10.8. The molecule has 0 bridgehead atoms. The van der Waals surface area contributed by atoms with Crippen LogP contribution in [0.4, 0.5) is 0 Å². The van der Waals surface area contributed by atoms with Crippen molar-refractivity contribution in [2.45, 2.75) is 31.9 Å². The molecule has 2 N–H and O–H groups in total. The summed E-state index contributed by atoms with van der Waals surface area (Å²) in [5.41, 5.74) is 8.49. The van der Waals surface area contributed by atoms with E-state index in [1.54, 1.807) is 6.07 Å². The summed E-state index contributed by atoms with van der Waals surface area (Å²) in [6.07, 6.45) is 0. The maximum absolute atomic E-state index is 12.1. The average Bonchev–Trinajstić information content (AvgIpc) is 2.29. The Morgan fingerprint density at radius 1 is 1.39 bits per heavy atom. The third kappa shape index (κ3) is 2.44. The van der Waals surface area contributed by atoms with Crippen LogP contribution in [0.5, 0.6) is 0 Å². The van der Waals surface area contributed by atoms with Crippen LogP contribution in [-0.4, -0.2) is 5.75 Å². The van der Waals surface area contributed by atoms with Gasteiger partial charge in [-0.3, -0.25) is 4.79 Å². The highest BCUT2D eigenvalue weighted by Crippen LogP contribution is 2.27. The highest BCUT2D eigenvalue weighted by atomic mass is 32.2. The Labute approximate surface area is 110 Å². The first-order valence-electron chi connectivity index (χ1n) is 5.99. The summed E-state index contributed by atoms with van der Waals surface area (Å²) in [6.45, 7) is 5.88. The van der Waals surface area contributed by atoms with Gasteiger partial charge in [0.1, 0.15) is 5.58 Å². The van der Waals surface area contributed by atoms with Crippen molar-refractivity contribution in [1.82, 2.24) is 0 Å². The molecule has 18 heavy (non-hydrogen) atoms. The molecule has 3 nitrogen and oxygen atoms in total. The lowest BCUT2D eigenvalue weighted by atomic mass is 10.0. The van der Waals surface area contributed by atoms with Gasteiger partial charge in [0, 0.05) is 17.7 Å². The Morgan fingerprint density at radius 3 is 2.72 bits per heavy atom. The van der Waals surface area contributed by atoms with Crippen LogP contribution in [0.15, 0.2) is 32.5 Å². The van der Waals surface area contributed by atoms with Gasteiger partial charge in [-0.15, -0.1) is 0 Å². The maximum Gasteiger partial charge on any atom is 0.193 e. The molecule has 4 heteroatoms. The molecule has 1 heterocycles. The van der Waals surface area contributed by atoms with Crippen molar-refractivity contribution in [2.24, 2.45) is 5.73 Å². The third-order valence-corrected chi connectivity index (χ3v) is 3.53. The second kappa shape index (κ2) is 5.16. The monoisotopic (exact) mass is 263 g/mol. The van der Waals surface area contributed by atoms with Crippen molar-refractivity contribution < 1.29 is 4.42 Å². The summed E-state index contributed by atoms with van der Waals surface area (Å²) in [7, 11) is 0. The first-order chi connectivity index (χ1) is 8.52. The average molecular weight is 263 g/mol. The van der Waals surface area contributed by atoms with Gasteiger partial charge in [-0.25, -0.2) is 0 Å². The molecule has 0 aliphatic heterocycles. The summed E-state index contributed by atoms with van der Waals surface area (Å²) in [5, 5.41) is 1.27. The normalized spacial score (nSPS) is 12.9. The van der Waals surface area contributed by atoms with Gasteiger partial charge >= 0.3 is 0 Å². The minimum absolute atomic E-state index is 0.00204. The lowest BCUT2D eigenvalue weighted by molar-refractivity contribution is 0.494. The number of hydrogen-bond donors (Lipinski definition) is 1. The van der Waals surface area contributed by atoms with Gasteiger partial charge < -0.3 is 10.2 Å². The molecule has 1 atom stereocenters. The predicted octanol–water partition coefficient (Wildman–Crippen LogP) is 3.23. The minimum Gasteiger partial charge on any atom is -0.449 e. The largest absolute Gasteiger partial charge is 0.449 e. The summed E-state index contributed by atoms with van der Waals surface area (Å²) < 4.78 is 5.81. The Kier molecular flexibility index (Phi) is 3.78. The molecule has 0 fully saturated rings. The summed E-state index contributed by atoms with van der Waals surface area (Å²) in [6, 6.07) is 5.24. The van der Waals surface area contributed by atoms with Crippen LogP contribution in [0.2, 0.25) is 0 Å². The molecule has 2 rings (SSSR count). The van der Waals surface area contributed by atoms with Gasteiger partial charge in [-0.2, -0.15) is 0 Å². The SMILES string of the molecule is CCSc1cc(=O)c2cc(C)cc([C@@H](C)N)c2o1. The van der Waals surface area contributed by atoms with Crippen molar-refractivity contribution in [3.05, 3.63) is 39.5 Å². The van der Waals surface area contributed by atoms with Crippen LogP contribution in [-0.2, 0) is 0 Å². The van der Waals surface area contributed by atoms with Crippen LogP contribution in [0.3, 0.4) is 0 Å². The van der Waals surface area contributed by atoms with Crippen LogP contribution >= 0.6 is 11.8 Å². The van der Waals surface area contributed by atoms with E-state index in [9.17, 15) is 4.79 Å². The van der Waals surface area contributed by atoms with E-state index in [1.807, 2.05) is 32.9 Å². The molecule has 1 aromatic heterocycles. The highest BCUT2D eigenvalue weighted by Gasteiger charge is 2.12.